The Balaban J connectivity index is 2.86. The zero-order valence-electron chi connectivity index (χ0n) is 6.18. The molecule has 0 saturated carbocycles. The lowest BCUT2D eigenvalue weighted by Crippen LogP contribution is -1.91. The van der Waals surface area contributed by atoms with E-state index in [1.165, 1.54) is 12.1 Å². The van der Waals surface area contributed by atoms with E-state index in [0.29, 0.717) is 0 Å². The monoisotopic (exact) mass is 242 g/mol. The minimum absolute atomic E-state index is 0.0376. The normalized spacial score (nSPS) is 15.0. The molecule has 0 fully saturated rings. The topological polar surface area (TPSA) is 55.8 Å². The molecule has 1 aromatic rings. The first-order valence-corrected chi connectivity index (χ1v) is 5.30. The first-order chi connectivity index (χ1) is 6.05. The summed E-state index contributed by atoms with van der Waals surface area (Å²) in [6.45, 7) is 0. The van der Waals surface area contributed by atoms with Gasteiger partial charge in [0.1, 0.15) is 5.75 Å². The van der Waals surface area contributed by atoms with Crippen LogP contribution in [0.5, 0.6) is 5.75 Å². The zero-order chi connectivity index (χ0) is 9.90. The second-order valence-electron chi connectivity index (χ2n) is 2.06. The third-order valence-electron chi connectivity index (χ3n) is 1.14. The van der Waals surface area contributed by atoms with Gasteiger partial charge in [0, 0.05) is 0 Å². The van der Waals surface area contributed by atoms with Gasteiger partial charge in [-0.1, -0.05) is 23.7 Å². The third-order valence-corrected chi connectivity index (χ3v) is 2.57. The Hall–Kier alpha value is -0.250. The molecule has 1 unspecified atom stereocenters. The molecule has 0 heterocycles. The molecule has 72 valence electrons. The quantitative estimate of drug-likeness (QED) is 0.829. The van der Waals surface area contributed by atoms with Crippen LogP contribution in [0.1, 0.15) is 0 Å². The molecule has 1 rings (SSSR count). The van der Waals surface area contributed by atoms with Gasteiger partial charge in [-0.25, -0.2) is 4.57 Å². The van der Waals surface area contributed by atoms with Gasteiger partial charge in [-0.3, -0.25) is 4.89 Å². The van der Waals surface area contributed by atoms with E-state index in [0.717, 1.165) is 0 Å². The van der Waals surface area contributed by atoms with Gasteiger partial charge in [-0.05, 0) is 12.1 Å². The molecule has 0 amide bonds. The second-order valence-corrected chi connectivity index (χ2v) is 4.14. The van der Waals surface area contributed by atoms with E-state index in [1.807, 2.05) is 0 Å². The Morgan fingerprint density at radius 1 is 1.38 bits per heavy atom. The summed E-state index contributed by atoms with van der Waals surface area (Å²) in [4.78, 5) is 8.82. The SMILES string of the molecule is O=P(O)(OCl)Oc1ccccc1Cl. The van der Waals surface area contributed by atoms with Gasteiger partial charge < -0.3 is 4.52 Å². The highest BCUT2D eigenvalue weighted by Crippen LogP contribution is 2.46. The molecular weight excluding hydrogens is 238 g/mol. The second kappa shape index (κ2) is 4.31. The number of benzene rings is 1. The van der Waals surface area contributed by atoms with Crippen LogP contribution >= 0.6 is 31.3 Å². The van der Waals surface area contributed by atoms with Crippen LogP contribution in [0.15, 0.2) is 24.3 Å². The van der Waals surface area contributed by atoms with E-state index in [9.17, 15) is 4.57 Å². The van der Waals surface area contributed by atoms with Crippen LogP contribution in [0.2, 0.25) is 5.02 Å². The molecule has 0 bridgehead atoms. The first-order valence-electron chi connectivity index (χ1n) is 3.12. The van der Waals surface area contributed by atoms with Gasteiger partial charge in [-0.15, -0.1) is 0 Å². The van der Waals surface area contributed by atoms with Gasteiger partial charge in [0.2, 0.25) is 0 Å². The Morgan fingerprint density at radius 3 is 2.54 bits per heavy atom. The average molecular weight is 243 g/mol. The number of hydrogen-bond donors (Lipinski definition) is 1. The van der Waals surface area contributed by atoms with Crippen molar-refractivity contribution in [1.29, 1.82) is 0 Å². The Labute approximate surface area is 84.8 Å². The molecule has 13 heavy (non-hydrogen) atoms. The lowest BCUT2D eigenvalue weighted by Gasteiger charge is -2.09. The maximum Gasteiger partial charge on any atom is 0.544 e. The smallest absolute Gasteiger partial charge is 0.402 e. The summed E-state index contributed by atoms with van der Waals surface area (Å²) >= 11 is 10.3. The molecule has 0 radical (unpaired) electrons. The van der Waals surface area contributed by atoms with Crippen LogP contribution < -0.4 is 4.52 Å². The fourth-order valence-corrected chi connectivity index (χ4v) is 1.41. The molecule has 1 aromatic carbocycles. The molecule has 0 spiro atoms. The van der Waals surface area contributed by atoms with E-state index in [4.69, 9.17) is 28.4 Å². The number of phosphoric ester groups is 1. The molecule has 0 aliphatic rings. The summed E-state index contributed by atoms with van der Waals surface area (Å²) in [5.41, 5.74) is 0. The van der Waals surface area contributed by atoms with Crippen molar-refractivity contribution in [3.63, 3.8) is 0 Å². The van der Waals surface area contributed by atoms with Gasteiger partial charge in [0.25, 0.3) is 0 Å². The van der Waals surface area contributed by atoms with E-state index in [1.54, 1.807) is 12.1 Å². The summed E-state index contributed by atoms with van der Waals surface area (Å²) in [5.74, 6) is 0.0376. The summed E-state index contributed by atoms with van der Waals surface area (Å²) in [7, 11) is -4.24. The zero-order valence-corrected chi connectivity index (χ0v) is 8.59. The number of hydrogen-bond acceptors (Lipinski definition) is 3. The fourth-order valence-electron chi connectivity index (χ4n) is 0.657. The molecule has 0 aliphatic carbocycles. The lowest BCUT2D eigenvalue weighted by atomic mass is 10.3. The first kappa shape index (κ1) is 10.8. The van der Waals surface area contributed by atoms with Crippen molar-refractivity contribution in [2.45, 2.75) is 0 Å². The average Bonchev–Trinajstić information content (AvgIpc) is 2.09. The van der Waals surface area contributed by atoms with Gasteiger partial charge in [0.15, 0.2) is 0 Å². The molecule has 0 aromatic heterocycles. The van der Waals surface area contributed by atoms with Crippen molar-refractivity contribution in [2.75, 3.05) is 0 Å². The van der Waals surface area contributed by atoms with Gasteiger partial charge >= 0.3 is 7.82 Å². The summed E-state index contributed by atoms with van der Waals surface area (Å²) in [6.07, 6.45) is 0. The molecule has 0 aliphatic heterocycles. The Kier molecular flexibility index (Phi) is 3.59. The van der Waals surface area contributed by atoms with Crippen LogP contribution in [0.3, 0.4) is 0 Å². The van der Waals surface area contributed by atoms with E-state index < -0.39 is 7.82 Å². The predicted octanol–water partition coefficient (Wildman–Crippen LogP) is 2.99. The molecule has 4 nitrogen and oxygen atoms in total. The van der Waals surface area contributed by atoms with Crippen LogP contribution in [0.25, 0.3) is 0 Å². The fraction of sp³-hybridized carbons (Fsp3) is 0. The van der Waals surface area contributed by atoms with E-state index >= 15 is 0 Å². The number of rotatable bonds is 3. The molecule has 1 N–H and O–H groups in total. The summed E-state index contributed by atoms with van der Waals surface area (Å²) in [5, 5.41) is 0.200. The van der Waals surface area contributed by atoms with E-state index in [2.05, 4.69) is 8.60 Å². The van der Waals surface area contributed by atoms with Crippen LogP contribution in [0, 0.1) is 0 Å². The highest BCUT2D eigenvalue weighted by atomic mass is 35.5. The van der Waals surface area contributed by atoms with Crippen molar-refractivity contribution >= 4 is 31.3 Å². The molecule has 7 heteroatoms. The molecule has 1 atom stereocenters. The van der Waals surface area contributed by atoms with Crippen LogP contribution in [-0.4, -0.2) is 4.89 Å². The van der Waals surface area contributed by atoms with Crippen molar-refractivity contribution in [1.82, 2.24) is 0 Å². The minimum atomic E-state index is -4.24. The maximum atomic E-state index is 10.8. The van der Waals surface area contributed by atoms with Gasteiger partial charge in [-0.2, -0.15) is 4.08 Å². The van der Waals surface area contributed by atoms with Crippen LogP contribution in [0.4, 0.5) is 0 Å². The summed E-state index contributed by atoms with van der Waals surface area (Å²) < 4.78 is 19.0. The van der Waals surface area contributed by atoms with Crippen molar-refractivity contribution in [2.24, 2.45) is 0 Å². The molecule has 0 saturated heterocycles. The minimum Gasteiger partial charge on any atom is -0.402 e. The number of phosphoric acid groups is 1. The highest BCUT2D eigenvalue weighted by Gasteiger charge is 2.23. The Morgan fingerprint density at radius 2 is 2.00 bits per heavy atom. The molecular formula is C6H5Cl2O4P. The predicted molar refractivity (Wildman–Crippen MR) is 48.8 cm³/mol. The van der Waals surface area contributed by atoms with E-state index in [-0.39, 0.29) is 10.8 Å². The summed E-state index contributed by atoms with van der Waals surface area (Å²) in [6, 6.07) is 6.17. The lowest BCUT2D eigenvalue weighted by molar-refractivity contribution is 0.300. The standard InChI is InChI=1S/C6H5Cl2O4P/c7-5-3-1-2-4-6(5)11-13(9,10)12-8/h1-4H,(H,9,10). The van der Waals surface area contributed by atoms with Crippen molar-refractivity contribution in [3.05, 3.63) is 29.3 Å². The largest absolute Gasteiger partial charge is 0.544 e. The Bertz CT molecular complexity index is 343. The third kappa shape index (κ3) is 3.18. The van der Waals surface area contributed by atoms with Gasteiger partial charge in [0.05, 0.1) is 16.9 Å². The van der Waals surface area contributed by atoms with Crippen LogP contribution in [-0.2, 0) is 8.64 Å². The maximum absolute atomic E-state index is 10.8. The number of para-hydroxylation sites is 1. The van der Waals surface area contributed by atoms with Crippen molar-refractivity contribution in [3.8, 4) is 5.75 Å². The van der Waals surface area contributed by atoms with Crippen molar-refractivity contribution < 1.29 is 18.1 Å². The highest BCUT2D eigenvalue weighted by molar-refractivity contribution is 7.48. The number of halogens is 2.